The van der Waals surface area contributed by atoms with Gasteiger partial charge in [0.05, 0.1) is 6.04 Å². The van der Waals surface area contributed by atoms with E-state index < -0.39 is 30.3 Å². The number of alkyl halides is 6. The van der Waals surface area contributed by atoms with Crippen LogP contribution in [0, 0.1) is 12.8 Å². The molecule has 1 aliphatic heterocycles. The number of pyridine rings is 2. The standard InChI is InChI=1S/C25H30N6O2.2C2HF3O2/c1-15-19(6-7-23(26)30-15)14-29-24(32)16(2)31-25(33)22-11-17(12-28-22)10-18-4-3-5-20-13-27-9-8-21(18)20;2*3-2(4,5)1(6)7/h3-9,13,16-17,22,28H,10-12,14H2,1-2H3,(H2,26,30)(H,29,32)(H,31,33);2*(H,6,7)/t16-,17-,22+;;/m0../s1. The number of hydrogen-bond donors (Lipinski definition) is 6. The van der Waals surface area contributed by atoms with Crippen LogP contribution in [-0.2, 0) is 32.1 Å². The van der Waals surface area contributed by atoms with Crippen LogP contribution in [0.4, 0.5) is 32.2 Å². The number of carboxylic acids is 2. The SMILES string of the molecule is Cc1nc(N)ccc1CNC(=O)[C@H](C)NC(=O)[C@H]1C[C@H](Cc2cccc3cnccc23)CN1.O=C(O)C(F)(F)F.O=C(O)C(F)(F)F. The molecule has 1 aliphatic rings. The number of carbonyl (C=O) groups is 4. The lowest BCUT2D eigenvalue weighted by atomic mass is 9.93. The Labute approximate surface area is 263 Å². The summed E-state index contributed by atoms with van der Waals surface area (Å²) in [5.41, 5.74) is 8.60. The van der Waals surface area contributed by atoms with Gasteiger partial charge in [-0.1, -0.05) is 24.3 Å². The molecule has 2 amide bonds. The normalized spacial score (nSPS) is 16.5. The number of carbonyl (C=O) groups excluding carboxylic acids is 2. The number of nitrogens with zero attached hydrogens (tertiary/aromatic N) is 2. The van der Waals surface area contributed by atoms with Crippen molar-refractivity contribution in [1.29, 1.82) is 0 Å². The number of halogens is 6. The number of hydrogen-bond acceptors (Lipinski definition) is 8. The minimum absolute atomic E-state index is 0.146. The number of amides is 2. The first-order valence-corrected chi connectivity index (χ1v) is 13.7. The lowest BCUT2D eigenvalue weighted by molar-refractivity contribution is -0.193. The lowest BCUT2D eigenvalue weighted by Gasteiger charge is -2.17. The van der Waals surface area contributed by atoms with Gasteiger partial charge < -0.3 is 31.9 Å². The number of carboxylic acid groups (broad SMARTS) is 2. The number of aliphatic carboxylic acids is 2. The topological polar surface area (TPSA) is 197 Å². The van der Waals surface area contributed by atoms with Gasteiger partial charge in [0.2, 0.25) is 11.8 Å². The van der Waals surface area contributed by atoms with Crippen LogP contribution in [0.25, 0.3) is 10.8 Å². The fourth-order valence-corrected chi connectivity index (χ4v) is 4.35. The highest BCUT2D eigenvalue weighted by atomic mass is 19.4. The van der Waals surface area contributed by atoms with Crippen LogP contribution in [-0.4, -0.2) is 74.9 Å². The van der Waals surface area contributed by atoms with Crippen molar-refractivity contribution >= 4 is 40.3 Å². The number of anilines is 1. The molecular formula is C29H32F6N6O6. The van der Waals surface area contributed by atoms with E-state index in [1.807, 2.05) is 37.5 Å². The van der Waals surface area contributed by atoms with E-state index in [1.165, 1.54) is 10.9 Å². The summed E-state index contributed by atoms with van der Waals surface area (Å²) in [4.78, 5) is 51.4. The molecule has 18 heteroatoms. The molecule has 1 aromatic carbocycles. The fraction of sp³-hybridized carbons (Fsp3) is 0.379. The highest BCUT2D eigenvalue weighted by Crippen LogP contribution is 2.25. The molecule has 0 aliphatic carbocycles. The van der Waals surface area contributed by atoms with Crippen LogP contribution in [0.3, 0.4) is 0 Å². The van der Waals surface area contributed by atoms with Crippen molar-refractivity contribution < 1.29 is 55.7 Å². The van der Waals surface area contributed by atoms with Gasteiger partial charge in [-0.2, -0.15) is 26.3 Å². The summed E-state index contributed by atoms with van der Waals surface area (Å²) in [6, 6.07) is 10.9. The zero-order valence-electron chi connectivity index (χ0n) is 24.9. The van der Waals surface area contributed by atoms with E-state index in [0.717, 1.165) is 36.0 Å². The van der Waals surface area contributed by atoms with E-state index in [0.29, 0.717) is 18.3 Å². The highest BCUT2D eigenvalue weighted by molar-refractivity contribution is 5.89. The molecule has 0 radical (unpaired) electrons. The monoisotopic (exact) mass is 674 g/mol. The lowest BCUT2D eigenvalue weighted by Crippen LogP contribution is -2.50. The van der Waals surface area contributed by atoms with Crippen LogP contribution in [0.2, 0.25) is 0 Å². The summed E-state index contributed by atoms with van der Waals surface area (Å²) in [6.07, 6.45) is -4.85. The predicted molar refractivity (Wildman–Crippen MR) is 156 cm³/mol. The van der Waals surface area contributed by atoms with E-state index in [2.05, 4.69) is 38.1 Å². The summed E-state index contributed by atoms with van der Waals surface area (Å²) in [7, 11) is 0. The number of nitrogens with one attached hydrogen (secondary N) is 3. The zero-order chi connectivity index (χ0) is 35.5. The molecule has 3 atom stereocenters. The minimum Gasteiger partial charge on any atom is -0.475 e. The van der Waals surface area contributed by atoms with E-state index in [9.17, 15) is 35.9 Å². The molecule has 4 rings (SSSR count). The third-order valence-electron chi connectivity index (χ3n) is 6.73. The molecule has 0 spiro atoms. The third kappa shape index (κ3) is 12.4. The number of nitrogens with two attached hydrogens (primary N) is 1. The first kappa shape index (κ1) is 38.2. The molecule has 7 N–H and O–H groups in total. The van der Waals surface area contributed by atoms with Gasteiger partial charge in [-0.05, 0) is 67.8 Å². The zero-order valence-corrected chi connectivity index (χ0v) is 24.9. The second-order valence-electron chi connectivity index (χ2n) is 10.3. The van der Waals surface area contributed by atoms with Gasteiger partial charge in [0.25, 0.3) is 0 Å². The van der Waals surface area contributed by atoms with Gasteiger partial charge in [0.1, 0.15) is 11.9 Å². The maximum absolute atomic E-state index is 12.8. The third-order valence-corrected chi connectivity index (χ3v) is 6.73. The number of benzene rings is 1. The largest absolute Gasteiger partial charge is 0.490 e. The first-order valence-electron chi connectivity index (χ1n) is 13.7. The van der Waals surface area contributed by atoms with Crippen LogP contribution in [0.5, 0.6) is 0 Å². The van der Waals surface area contributed by atoms with E-state index in [1.54, 1.807) is 13.0 Å². The predicted octanol–water partition coefficient (Wildman–Crippen LogP) is 3.13. The number of aryl methyl sites for hydroxylation is 1. The van der Waals surface area contributed by atoms with E-state index in [4.69, 9.17) is 25.5 Å². The van der Waals surface area contributed by atoms with Crippen molar-refractivity contribution in [2.75, 3.05) is 12.3 Å². The fourth-order valence-electron chi connectivity index (χ4n) is 4.35. The second kappa shape index (κ2) is 16.5. The maximum atomic E-state index is 12.8. The number of rotatable bonds is 7. The van der Waals surface area contributed by atoms with Gasteiger partial charge in [0, 0.05) is 30.0 Å². The quantitative estimate of drug-likeness (QED) is 0.203. The highest BCUT2D eigenvalue weighted by Gasteiger charge is 2.39. The smallest absolute Gasteiger partial charge is 0.475 e. The number of aromatic nitrogens is 2. The first-order chi connectivity index (χ1) is 21.8. The molecule has 1 saturated heterocycles. The van der Waals surface area contributed by atoms with Crippen LogP contribution in [0.15, 0.2) is 48.8 Å². The van der Waals surface area contributed by atoms with Crippen LogP contribution in [0.1, 0.15) is 30.2 Å². The average Bonchev–Trinajstić information content (AvgIpc) is 3.45. The molecule has 3 aromatic rings. The van der Waals surface area contributed by atoms with Crippen LogP contribution >= 0.6 is 0 Å². The maximum Gasteiger partial charge on any atom is 0.490 e. The van der Waals surface area contributed by atoms with Crippen molar-refractivity contribution in [2.24, 2.45) is 5.92 Å². The van der Waals surface area contributed by atoms with E-state index >= 15 is 0 Å². The molecular weight excluding hydrogens is 642 g/mol. The van der Waals surface area contributed by atoms with Crippen molar-refractivity contribution in [3.05, 3.63) is 65.6 Å². The summed E-state index contributed by atoms with van der Waals surface area (Å²) in [6.45, 7) is 4.64. The summed E-state index contributed by atoms with van der Waals surface area (Å²) in [5.74, 6) is -5.10. The van der Waals surface area contributed by atoms with Gasteiger partial charge in [-0.15, -0.1) is 0 Å². The molecule has 2 aromatic heterocycles. The molecule has 0 unspecified atom stereocenters. The Morgan fingerprint density at radius 3 is 2.19 bits per heavy atom. The van der Waals surface area contributed by atoms with Crippen molar-refractivity contribution in [3.63, 3.8) is 0 Å². The Kier molecular flexibility index (Phi) is 13.4. The Hall–Kier alpha value is -5.00. The summed E-state index contributed by atoms with van der Waals surface area (Å²) in [5, 5.41) is 25.6. The van der Waals surface area contributed by atoms with Crippen molar-refractivity contribution in [2.45, 2.75) is 57.7 Å². The molecule has 0 saturated carbocycles. The molecule has 12 nitrogen and oxygen atoms in total. The average molecular weight is 675 g/mol. The second-order valence-corrected chi connectivity index (χ2v) is 10.3. The van der Waals surface area contributed by atoms with Crippen molar-refractivity contribution in [1.82, 2.24) is 25.9 Å². The Bertz CT molecular complexity index is 1540. The Morgan fingerprint density at radius 1 is 1.00 bits per heavy atom. The van der Waals surface area contributed by atoms with E-state index in [-0.39, 0.29) is 17.9 Å². The van der Waals surface area contributed by atoms with Gasteiger partial charge in [-0.25, -0.2) is 14.6 Å². The summed E-state index contributed by atoms with van der Waals surface area (Å²) < 4.78 is 63.5. The van der Waals surface area contributed by atoms with Gasteiger partial charge >= 0.3 is 24.3 Å². The van der Waals surface area contributed by atoms with Crippen LogP contribution < -0.4 is 21.7 Å². The molecule has 256 valence electrons. The molecule has 0 bridgehead atoms. The Morgan fingerprint density at radius 2 is 1.62 bits per heavy atom. The number of fused-ring (bicyclic) bond motifs is 1. The minimum atomic E-state index is -5.08. The number of nitrogen functional groups attached to an aromatic ring is 1. The van der Waals surface area contributed by atoms with Gasteiger partial charge in [0.15, 0.2) is 0 Å². The molecule has 1 fully saturated rings. The van der Waals surface area contributed by atoms with Crippen molar-refractivity contribution in [3.8, 4) is 0 Å². The molecule has 47 heavy (non-hydrogen) atoms. The molecule has 3 heterocycles. The summed E-state index contributed by atoms with van der Waals surface area (Å²) >= 11 is 0. The van der Waals surface area contributed by atoms with Gasteiger partial charge in [-0.3, -0.25) is 14.6 Å². The Balaban J connectivity index is 0.000000459.